The average molecular weight is 413 g/mol. The lowest BCUT2D eigenvalue weighted by atomic mass is 9.96. The molecule has 7 nitrogen and oxygen atoms in total. The first kappa shape index (κ1) is 19.8. The molecule has 0 aromatic carbocycles. The summed E-state index contributed by atoms with van der Waals surface area (Å²) in [6, 6.07) is 6.46. The number of carbonyl (C=O) groups excluding carboxylic acids is 2. The summed E-state index contributed by atoms with van der Waals surface area (Å²) in [5.74, 6) is -1.24. The van der Waals surface area contributed by atoms with Gasteiger partial charge in [0.25, 0.3) is 5.91 Å². The van der Waals surface area contributed by atoms with Crippen molar-refractivity contribution in [1.29, 1.82) is 0 Å². The highest BCUT2D eigenvalue weighted by molar-refractivity contribution is 7.12. The number of hydrogen-bond donors (Lipinski definition) is 1. The topological polar surface area (TPSA) is 83.0 Å². The first-order chi connectivity index (χ1) is 14.2. The van der Waals surface area contributed by atoms with E-state index in [-0.39, 0.29) is 11.4 Å². The molecule has 0 saturated carbocycles. The van der Waals surface area contributed by atoms with Gasteiger partial charge in [0.05, 0.1) is 29.7 Å². The lowest BCUT2D eigenvalue weighted by molar-refractivity contribution is -0.129. The third kappa shape index (κ3) is 4.10. The molecule has 1 N–H and O–H groups in total. The van der Waals surface area contributed by atoms with Crippen LogP contribution < -0.4 is 0 Å². The molecule has 0 radical (unpaired) electrons. The standard InChI is InChI=1S/C21H23N3O4S/c25-19(16-3-1-14-29-16)17-18(15-4-6-22-7-5-15)24(21(27)20(17)26)9-2-8-23-10-12-28-13-11-23/h1,3-7,14,18,26H,2,8-13H2/t18-/m0/s1. The highest BCUT2D eigenvalue weighted by Crippen LogP contribution is 2.39. The van der Waals surface area contributed by atoms with Crippen molar-refractivity contribution in [3.63, 3.8) is 0 Å². The van der Waals surface area contributed by atoms with E-state index in [0.29, 0.717) is 11.4 Å². The van der Waals surface area contributed by atoms with Crippen LogP contribution in [0, 0.1) is 0 Å². The van der Waals surface area contributed by atoms with E-state index in [0.717, 1.165) is 44.8 Å². The maximum atomic E-state index is 13.1. The Balaban J connectivity index is 1.57. The highest BCUT2D eigenvalue weighted by atomic mass is 32.1. The van der Waals surface area contributed by atoms with E-state index < -0.39 is 17.7 Å². The summed E-state index contributed by atoms with van der Waals surface area (Å²) in [6.07, 6.45) is 4.02. The van der Waals surface area contributed by atoms with Crippen LogP contribution in [0.15, 0.2) is 53.4 Å². The molecule has 0 unspecified atom stereocenters. The molecule has 2 aliphatic rings. The minimum Gasteiger partial charge on any atom is -0.503 e. The number of rotatable bonds is 7. The summed E-state index contributed by atoms with van der Waals surface area (Å²) < 4.78 is 5.37. The van der Waals surface area contributed by atoms with E-state index in [1.165, 1.54) is 11.3 Å². The Morgan fingerprint density at radius 2 is 1.97 bits per heavy atom. The number of thiophene rings is 1. The summed E-state index contributed by atoms with van der Waals surface area (Å²) in [5.41, 5.74) is 0.915. The van der Waals surface area contributed by atoms with E-state index in [1.54, 1.807) is 41.6 Å². The second kappa shape index (κ2) is 8.86. The molecule has 1 amide bonds. The normalized spacial score (nSPS) is 20.5. The van der Waals surface area contributed by atoms with Crippen LogP contribution in [0.1, 0.15) is 27.7 Å². The van der Waals surface area contributed by atoms with Crippen molar-refractivity contribution >= 4 is 23.0 Å². The Morgan fingerprint density at radius 3 is 2.66 bits per heavy atom. The molecule has 1 fully saturated rings. The smallest absolute Gasteiger partial charge is 0.290 e. The first-order valence-electron chi connectivity index (χ1n) is 9.69. The van der Waals surface area contributed by atoms with E-state index in [9.17, 15) is 14.7 Å². The monoisotopic (exact) mass is 413 g/mol. The summed E-state index contributed by atoms with van der Waals surface area (Å²) in [7, 11) is 0. The molecule has 4 rings (SSSR count). The van der Waals surface area contributed by atoms with Gasteiger partial charge in [0.1, 0.15) is 0 Å². The molecule has 8 heteroatoms. The van der Waals surface area contributed by atoms with Crippen molar-refractivity contribution in [2.75, 3.05) is 39.4 Å². The quantitative estimate of drug-likeness (QED) is 0.702. The zero-order chi connectivity index (χ0) is 20.2. The minimum absolute atomic E-state index is 0.148. The minimum atomic E-state index is -0.607. The van der Waals surface area contributed by atoms with Crippen LogP contribution >= 0.6 is 11.3 Å². The number of Topliss-reactive ketones (excluding diaryl/α,β-unsaturated/α-hetero) is 1. The average Bonchev–Trinajstić information content (AvgIpc) is 3.38. The van der Waals surface area contributed by atoms with Gasteiger partial charge in [-0.15, -0.1) is 11.3 Å². The van der Waals surface area contributed by atoms with Crippen molar-refractivity contribution < 1.29 is 19.4 Å². The van der Waals surface area contributed by atoms with E-state index >= 15 is 0 Å². The molecule has 152 valence electrons. The number of carbonyl (C=O) groups is 2. The predicted octanol–water partition coefficient (Wildman–Crippen LogP) is 2.44. The molecular formula is C21H23N3O4S. The van der Waals surface area contributed by atoms with Crippen LogP contribution in [-0.4, -0.2) is 71.0 Å². The fourth-order valence-electron chi connectivity index (χ4n) is 3.84. The van der Waals surface area contributed by atoms with Crippen LogP contribution in [0.2, 0.25) is 0 Å². The largest absolute Gasteiger partial charge is 0.503 e. The number of nitrogens with zero attached hydrogens (tertiary/aromatic N) is 3. The van der Waals surface area contributed by atoms with Crippen LogP contribution in [0.4, 0.5) is 0 Å². The fraction of sp³-hybridized carbons (Fsp3) is 0.381. The Labute approximate surface area is 173 Å². The highest BCUT2D eigenvalue weighted by Gasteiger charge is 2.43. The van der Waals surface area contributed by atoms with Crippen LogP contribution in [0.25, 0.3) is 0 Å². The second-order valence-electron chi connectivity index (χ2n) is 7.06. The van der Waals surface area contributed by atoms with E-state index in [1.807, 2.05) is 5.38 Å². The molecule has 1 atom stereocenters. The Kier molecular flexibility index (Phi) is 6.03. The Morgan fingerprint density at radius 1 is 1.21 bits per heavy atom. The first-order valence-corrected chi connectivity index (χ1v) is 10.6. The van der Waals surface area contributed by atoms with Crippen molar-refractivity contribution in [3.05, 3.63) is 63.8 Å². The summed E-state index contributed by atoms with van der Waals surface area (Å²) in [4.78, 5) is 34.4. The summed E-state index contributed by atoms with van der Waals surface area (Å²) >= 11 is 1.30. The van der Waals surface area contributed by atoms with Gasteiger partial charge in [0.2, 0.25) is 5.78 Å². The molecule has 0 bridgehead atoms. The van der Waals surface area contributed by atoms with Gasteiger partial charge in [-0.05, 0) is 35.6 Å². The van der Waals surface area contributed by atoms with Crippen molar-refractivity contribution in [1.82, 2.24) is 14.8 Å². The van der Waals surface area contributed by atoms with Crippen molar-refractivity contribution in [2.45, 2.75) is 12.5 Å². The predicted molar refractivity (Wildman–Crippen MR) is 109 cm³/mol. The molecule has 2 aliphatic heterocycles. The van der Waals surface area contributed by atoms with Gasteiger partial charge in [0.15, 0.2) is 5.76 Å². The number of ketones is 1. The molecule has 29 heavy (non-hydrogen) atoms. The Hall–Kier alpha value is -2.55. The number of aliphatic hydroxyl groups excluding tert-OH is 1. The van der Waals surface area contributed by atoms with Crippen LogP contribution in [-0.2, 0) is 9.53 Å². The molecule has 4 heterocycles. The van der Waals surface area contributed by atoms with Gasteiger partial charge in [0, 0.05) is 38.6 Å². The lowest BCUT2D eigenvalue weighted by Crippen LogP contribution is -2.39. The SMILES string of the molecule is O=C(C1=C(O)C(=O)N(CCCN2CCOCC2)[C@H]1c1ccncc1)c1cccs1. The zero-order valence-corrected chi connectivity index (χ0v) is 16.8. The maximum Gasteiger partial charge on any atom is 0.290 e. The van der Waals surface area contributed by atoms with Crippen LogP contribution in [0.3, 0.4) is 0 Å². The zero-order valence-electron chi connectivity index (χ0n) is 16.0. The van der Waals surface area contributed by atoms with E-state index in [4.69, 9.17) is 4.74 Å². The number of aliphatic hydroxyl groups is 1. The number of morpholine rings is 1. The number of ether oxygens (including phenoxy) is 1. The van der Waals surface area contributed by atoms with Gasteiger partial charge in [-0.3, -0.25) is 19.5 Å². The third-order valence-corrected chi connectivity index (χ3v) is 6.16. The summed E-state index contributed by atoms with van der Waals surface area (Å²) in [5, 5.41) is 12.4. The van der Waals surface area contributed by atoms with Crippen molar-refractivity contribution in [3.8, 4) is 0 Å². The number of aromatic nitrogens is 1. The van der Waals surface area contributed by atoms with Crippen molar-refractivity contribution in [2.24, 2.45) is 0 Å². The number of hydrogen-bond acceptors (Lipinski definition) is 7. The summed E-state index contributed by atoms with van der Waals surface area (Å²) in [6.45, 7) is 4.51. The second-order valence-corrected chi connectivity index (χ2v) is 8.01. The lowest BCUT2D eigenvalue weighted by Gasteiger charge is -2.29. The van der Waals surface area contributed by atoms with Gasteiger partial charge < -0.3 is 14.7 Å². The van der Waals surface area contributed by atoms with Gasteiger partial charge >= 0.3 is 0 Å². The molecular weight excluding hydrogens is 390 g/mol. The Bertz CT molecular complexity index is 892. The van der Waals surface area contributed by atoms with Gasteiger partial charge in [-0.25, -0.2) is 0 Å². The maximum absolute atomic E-state index is 13.1. The molecule has 0 aliphatic carbocycles. The molecule has 1 saturated heterocycles. The third-order valence-electron chi connectivity index (χ3n) is 5.29. The fourth-order valence-corrected chi connectivity index (χ4v) is 4.52. The molecule has 0 spiro atoms. The number of pyridine rings is 1. The number of amides is 1. The van der Waals surface area contributed by atoms with Gasteiger partial charge in [-0.1, -0.05) is 6.07 Å². The molecule has 2 aromatic rings. The van der Waals surface area contributed by atoms with E-state index in [2.05, 4.69) is 9.88 Å². The van der Waals surface area contributed by atoms with Crippen LogP contribution in [0.5, 0.6) is 0 Å². The molecule has 2 aromatic heterocycles. The van der Waals surface area contributed by atoms with Gasteiger partial charge in [-0.2, -0.15) is 0 Å².